The third-order valence-corrected chi connectivity index (χ3v) is 11.1. The number of nitrogens with two attached hydrogens (primary N) is 1. The fourth-order valence-electron chi connectivity index (χ4n) is 9.30. The van der Waals surface area contributed by atoms with E-state index in [-0.39, 0.29) is 24.3 Å². The first-order chi connectivity index (χ1) is 17.2. The first-order valence-corrected chi connectivity index (χ1v) is 13.9. The first-order valence-electron chi connectivity index (χ1n) is 13.9. The third kappa shape index (κ3) is 3.38. The lowest BCUT2D eigenvalue weighted by Crippen LogP contribution is -2.86. The van der Waals surface area contributed by atoms with Crippen molar-refractivity contribution >= 4 is 17.5 Å². The minimum Gasteiger partial charge on any atom is -0.460 e. The minimum atomic E-state index is -2.29. The maximum atomic E-state index is 13.9. The Bertz CT molecular complexity index is 1020. The quantitative estimate of drug-likeness (QED) is 0.383. The second-order valence-corrected chi connectivity index (χ2v) is 13.3. The molecule has 8 atom stereocenters. The van der Waals surface area contributed by atoms with Gasteiger partial charge in [0.2, 0.25) is 5.79 Å². The van der Waals surface area contributed by atoms with Gasteiger partial charge < -0.3 is 25.4 Å². The summed E-state index contributed by atoms with van der Waals surface area (Å²) in [5, 5.41) is 24.2. The Morgan fingerprint density at radius 2 is 1.76 bits per heavy atom. The van der Waals surface area contributed by atoms with E-state index in [2.05, 4.69) is 6.58 Å². The summed E-state index contributed by atoms with van der Waals surface area (Å²) in [6.45, 7) is 11.3. The third-order valence-electron chi connectivity index (χ3n) is 11.1. The molecule has 6 fully saturated rings. The molecule has 4 aliphatic carbocycles. The summed E-state index contributed by atoms with van der Waals surface area (Å²) in [5.41, 5.74) is 3.40. The highest BCUT2D eigenvalue weighted by Crippen LogP contribution is 2.73. The Labute approximate surface area is 219 Å². The van der Waals surface area contributed by atoms with Gasteiger partial charge in [-0.15, -0.1) is 0 Å². The van der Waals surface area contributed by atoms with Crippen LogP contribution in [-0.2, 0) is 23.9 Å². The van der Waals surface area contributed by atoms with Crippen molar-refractivity contribution < 1.29 is 34.1 Å². The highest BCUT2D eigenvalue weighted by atomic mass is 16.6. The fraction of sp³-hybridized carbons (Fsp3) is 0.828. The molecule has 0 radical (unpaired) electrons. The molecule has 206 valence electrons. The molecule has 0 aromatic carbocycles. The van der Waals surface area contributed by atoms with Crippen LogP contribution in [0.2, 0.25) is 0 Å². The van der Waals surface area contributed by atoms with Crippen LogP contribution in [0.5, 0.6) is 0 Å². The molecule has 0 unspecified atom stereocenters. The Morgan fingerprint density at radius 1 is 1.11 bits per heavy atom. The molecule has 4 N–H and O–H groups in total. The van der Waals surface area contributed by atoms with E-state index in [9.17, 15) is 24.6 Å². The van der Waals surface area contributed by atoms with E-state index in [1.807, 2.05) is 20.8 Å². The van der Waals surface area contributed by atoms with Gasteiger partial charge in [0.05, 0.1) is 17.9 Å². The summed E-state index contributed by atoms with van der Waals surface area (Å²) in [7, 11) is 0. The summed E-state index contributed by atoms with van der Waals surface area (Å²) in [6, 6.07) is 0.0601. The lowest BCUT2D eigenvalue weighted by molar-refractivity contribution is -0.441. The van der Waals surface area contributed by atoms with Crippen molar-refractivity contribution in [3.05, 3.63) is 12.2 Å². The standard InChI is InChI=1S/C29H43NO7/c1-15(2)19-10-11-20-27-14-36-29(35,23(33)22(27)26(4,5)13-12-21(27)32)28(20,16(3)31)24(19)37-25(34)17-6-8-18(30)9-7-17/h17-20,22-24,33,35H,1,6-14,30H2,2-5H3/t17?,18?,19-,20-,22+,23-,24+,27+,28+,29-/m0/s1. The van der Waals surface area contributed by atoms with Crippen LogP contribution in [0.3, 0.4) is 0 Å². The summed E-state index contributed by atoms with van der Waals surface area (Å²) in [4.78, 5) is 41.3. The van der Waals surface area contributed by atoms with Crippen LogP contribution < -0.4 is 5.73 Å². The molecule has 2 heterocycles. The zero-order chi connectivity index (χ0) is 27.1. The van der Waals surface area contributed by atoms with Crippen LogP contribution in [0.1, 0.15) is 79.1 Å². The number of carbonyl (C=O) groups excluding carboxylic acids is 3. The van der Waals surface area contributed by atoms with Crippen molar-refractivity contribution in [2.75, 3.05) is 6.61 Å². The van der Waals surface area contributed by atoms with Crippen LogP contribution in [0, 0.1) is 39.9 Å². The van der Waals surface area contributed by atoms with Gasteiger partial charge in [0.1, 0.15) is 29.2 Å². The molecule has 4 saturated carbocycles. The molecule has 6 aliphatic rings. The molecule has 8 heteroatoms. The van der Waals surface area contributed by atoms with E-state index in [0.717, 1.165) is 18.4 Å². The number of fused-ring (bicyclic) bond motifs is 1. The van der Waals surface area contributed by atoms with E-state index in [1.165, 1.54) is 6.92 Å². The zero-order valence-corrected chi connectivity index (χ0v) is 22.6. The van der Waals surface area contributed by atoms with Crippen molar-refractivity contribution in [1.82, 2.24) is 0 Å². The Morgan fingerprint density at radius 3 is 2.35 bits per heavy atom. The number of aliphatic hydroxyl groups excluding tert-OH is 1. The van der Waals surface area contributed by atoms with Crippen LogP contribution in [0.15, 0.2) is 12.2 Å². The fourth-order valence-corrected chi connectivity index (χ4v) is 9.30. The maximum absolute atomic E-state index is 13.9. The molecule has 2 bridgehead atoms. The number of aliphatic hydroxyl groups is 2. The van der Waals surface area contributed by atoms with Crippen LogP contribution >= 0.6 is 0 Å². The zero-order valence-electron chi connectivity index (χ0n) is 22.6. The highest BCUT2D eigenvalue weighted by molar-refractivity contribution is 5.92. The average Bonchev–Trinajstić information content (AvgIpc) is 2.83. The van der Waals surface area contributed by atoms with Gasteiger partial charge in [-0.3, -0.25) is 14.4 Å². The second-order valence-electron chi connectivity index (χ2n) is 13.3. The van der Waals surface area contributed by atoms with Gasteiger partial charge in [0, 0.05) is 24.3 Å². The van der Waals surface area contributed by atoms with E-state index >= 15 is 0 Å². The largest absolute Gasteiger partial charge is 0.460 e. The summed E-state index contributed by atoms with van der Waals surface area (Å²) >= 11 is 0. The number of rotatable bonds is 4. The van der Waals surface area contributed by atoms with Crippen molar-refractivity contribution in [2.45, 2.75) is 103 Å². The predicted molar refractivity (Wildman–Crippen MR) is 135 cm³/mol. The average molecular weight is 518 g/mol. The molecule has 2 aliphatic heterocycles. The number of hydrogen-bond donors (Lipinski definition) is 3. The summed E-state index contributed by atoms with van der Waals surface area (Å²) < 4.78 is 12.3. The normalized spacial score (nSPS) is 48.5. The van der Waals surface area contributed by atoms with E-state index < -0.39 is 63.7 Å². The maximum Gasteiger partial charge on any atom is 0.309 e. The van der Waals surface area contributed by atoms with E-state index in [4.69, 9.17) is 15.2 Å². The van der Waals surface area contributed by atoms with E-state index in [1.54, 1.807) is 0 Å². The smallest absolute Gasteiger partial charge is 0.309 e. The lowest BCUT2D eigenvalue weighted by Gasteiger charge is -2.74. The second kappa shape index (κ2) is 8.70. The first kappa shape index (κ1) is 27.0. The molecule has 6 rings (SSSR count). The Hall–Kier alpha value is -1.61. The minimum absolute atomic E-state index is 0.0339. The molecular weight excluding hydrogens is 474 g/mol. The van der Waals surface area contributed by atoms with Crippen molar-refractivity contribution in [3.8, 4) is 0 Å². The molecule has 0 aromatic heterocycles. The van der Waals surface area contributed by atoms with Gasteiger partial charge in [0.25, 0.3) is 0 Å². The van der Waals surface area contributed by atoms with Crippen LogP contribution in [0.25, 0.3) is 0 Å². The topological polar surface area (TPSA) is 136 Å². The number of esters is 1. The van der Waals surface area contributed by atoms with Crippen LogP contribution in [0.4, 0.5) is 0 Å². The van der Waals surface area contributed by atoms with Crippen LogP contribution in [-0.4, -0.2) is 58.4 Å². The van der Waals surface area contributed by atoms with Gasteiger partial charge in [0.15, 0.2) is 0 Å². The molecular formula is C29H43NO7. The van der Waals surface area contributed by atoms with E-state index in [0.29, 0.717) is 38.5 Å². The molecule has 0 aromatic rings. The summed E-state index contributed by atoms with van der Waals surface area (Å²) in [6.07, 6.45) is 1.99. The highest BCUT2D eigenvalue weighted by Gasteiger charge is 2.85. The van der Waals surface area contributed by atoms with Gasteiger partial charge in [-0.1, -0.05) is 26.0 Å². The van der Waals surface area contributed by atoms with Crippen molar-refractivity contribution in [1.29, 1.82) is 0 Å². The van der Waals surface area contributed by atoms with Crippen molar-refractivity contribution in [2.24, 2.45) is 45.7 Å². The van der Waals surface area contributed by atoms with Gasteiger partial charge in [-0.25, -0.2) is 0 Å². The number of ketones is 2. The SMILES string of the molecule is C=C(C)[C@@H]1CC[C@H]2[C@@]34CO[C@@](O)([C@@H](O)[C@@H]3C(C)(C)CCC4=O)[C@@]2(C(C)=O)[C@@H]1OC(=O)C1CCC(N)CC1. The van der Waals surface area contributed by atoms with Gasteiger partial charge in [-0.05, 0) is 70.1 Å². The molecule has 0 amide bonds. The number of Topliss-reactive ketones (excluding diaryl/α,β-unsaturated/α-hetero) is 2. The monoisotopic (exact) mass is 517 g/mol. The lowest BCUT2D eigenvalue weighted by atomic mass is 9.34. The van der Waals surface area contributed by atoms with Crippen molar-refractivity contribution in [3.63, 3.8) is 0 Å². The summed E-state index contributed by atoms with van der Waals surface area (Å²) in [5.74, 6) is -5.14. The molecule has 37 heavy (non-hydrogen) atoms. The number of carbonyl (C=O) groups is 3. The Balaban J connectivity index is 1.66. The van der Waals surface area contributed by atoms with Gasteiger partial charge >= 0.3 is 5.97 Å². The number of hydrogen-bond acceptors (Lipinski definition) is 8. The predicted octanol–water partition coefficient (Wildman–Crippen LogP) is 2.68. The number of ether oxygens (including phenoxy) is 2. The molecule has 2 saturated heterocycles. The van der Waals surface area contributed by atoms with Gasteiger partial charge in [-0.2, -0.15) is 0 Å². The molecule has 1 spiro atoms. The molecule has 8 nitrogen and oxygen atoms in total. The Kier molecular flexibility index (Phi) is 6.34.